The predicted molar refractivity (Wildman–Crippen MR) is 98.8 cm³/mol. The molecule has 1 aromatic carbocycles. The summed E-state index contributed by atoms with van der Waals surface area (Å²) in [6.45, 7) is 2.79. The van der Waals surface area contributed by atoms with Gasteiger partial charge < -0.3 is 10.1 Å². The van der Waals surface area contributed by atoms with Crippen LogP contribution in [0.1, 0.15) is 17.7 Å². The SMILES string of the molecule is Cc1sccc1Nc1ccc(F)cc1O[C@@H]1CCCN(S(C)(=O)=O)C1. The van der Waals surface area contributed by atoms with Gasteiger partial charge in [-0.05, 0) is 43.3 Å². The summed E-state index contributed by atoms with van der Waals surface area (Å²) in [7, 11) is -3.25. The van der Waals surface area contributed by atoms with E-state index in [0.717, 1.165) is 23.4 Å². The number of rotatable bonds is 5. The van der Waals surface area contributed by atoms with E-state index >= 15 is 0 Å². The maximum absolute atomic E-state index is 13.7. The largest absolute Gasteiger partial charge is 0.487 e. The molecule has 1 aromatic heterocycles. The van der Waals surface area contributed by atoms with Gasteiger partial charge in [0.05, 0.1) is 24.2 Å². The van der Waals surface area contributed by atoms with Gasteiger partial charge in [-0.15, -0.1) is 11.3 Å². The van der Waals surface area contributed by atoms with E-state index in [1.165, 1.54) is 22.7 Å². The van der Waals surface area contributed by atoms with Crippen molar-refractivity contribution in [2.45, 2.75) is 25.9 Å². The van der Waals surface area contributed by atoms with Crippen molar-refractivity contribution in [2.24, 2.45) is 0 Å². The molecule has 2 aromatic rings. The minimum Gasteiger partial charge on any atom is -0.487 e. The third kappa shape index (κ3) is 4.50. The quantitative estimate of drug-likeness (QED) is 0.853. The number of nitrogens with zero attached hydrogens (tertiary/aromatic N) is 1. The summed E-state index contributed by atoms with van der Waals surface area (Å²) in [5.74, 6) is 0.00400. The van der Waals surface area contributed by atoms with Gasteiger partial charge in [0.15, 0.2) is 0 Å². The Labute approximate surface area is 151 Å². The van der Waals surface area contributed by atoms with Gasteiger partial charge in [-0.25, -0.2) is 12.8 Å². The first-order chi connectivity index (χ1) is 11.8. The summed E-state index contributed by atoms with van der Waals surface area (Å²) in [4.78, 5) is 1.12. The summed E-state index contributed by atoms with van der Waals surface area (Å²) in [6, 6.07) is 6.31. The Bertz CT molecular complexity index is 851. The van der Waals surface area contributed by atoms with Crippen molar-refractivity contribution in [3.63, 3.8) is 0 Å². The van der Waals surface area contributed by atoms with Crippen LogP contribution in [-0.4, -0.2) is 38.2 Å². The van der Waals surface area contributed by atoms with E-state index in [1.54, 1.807) is 17.4 Å². The van der Waals surface area contributed by atoms with E-state index in [-0.39, 0.29) is 12.6 Å². The molecule has 1 aliphatic rings. The number of benzene rings is 1. The molecule has 0 spiro atoms. The smallest absolute Gasteiger partial charge is 0.211 e. The van der Waals surface area contributed by atoms with E-state index in [4.69, 9.17) is 4.74 Å². The number of sulfonamides is 1. The molecule has 8 heteroatoms. The molecular weight excluding hydrogens is 363 g/mol. The fourth-order valence-corrected chi connectivity index (χ4v) is 4.39. The Morgan fingerprint density at radius 2 is 2.12 bits per heavy atom. The number of thiophene rings is 1. The molecule has 1 N–H and O–H groups in total. The van der Waals surface area contributed by atoms with Gasteiger partial charge in [0, 0.05) is 17.5 Å². The fraction of sp³-hybridized carbons (Fsp3) is 0.412. The first kappa shape index (κ1) is 18.2. The number of ether oxygens (including phenoxy) is 1. The molecule has 25 heavy (non-hydrogen) atoms. The van der Waals surface area contributed by atoms with Gasteiger partial charge in [0.25, 0.3) is 0 Å². The van der Waals surface area contributed by atoms with Crippen LogP contribution in [0, 0.1) is 12.7 Å². The van der Waals surface area contributed by atoms with Crippen molar-refractivity contribution in [3.8, 4) is 5.75 Å². The van der Waals surface area contributed by atoms with Gasteiger partial charge in [-0.2, -0.15) is 4.31 Å². The number of halogens is 1. The lowest BCUT2D eigenvalue weighted by atomic mass is 10.1. The van der Waals surface area contributed by atoms with Crippen LogP contribution in [0.3, 0.4) is 0 Å². The second kappa shape index (κ2) is 7.31. The normalized spacial score (nSPS) is 18.9. The van der Waals surface area contributed by atoms with Crippen LogP contribution in [0.25, 0.3) is 0 Å². The highest BCUT2D eigenvalue weighted by molar-refractivity contribution is 7.88. The zero-order chi connectivity index (χ0) is 18.0. The summed E-state index contributed by atoms with van der Waals surface area (Å²) in [5, 5.41) is 5.24. The predicted octanol–water partition coefficient (Wildman–Crippen LogP) is 3.74. The molecule has 1 atom stereocenters. The Hall–Kier alpha value is -1.64. The van der Waals surface area contributed by atoms with E-state index in [0.29, 0.717) is 18.0 Å². The van der Waals surface area contributed by atoms with Gasteiger partial charge in [0.1, 0.15) is 17.7 Å². The maximum Gasteiger partial charge on any atom is 0.211 e. The van der Waals surface area contributed by atoms with Crippen LogP contribution in [0.15, 0.2) is 29.6 Å². The molecule has 0 saturated carbocycles. The summed E-state index contributed by atoms with van der Waals surface area (Å²) >= 11 is 1.62. The minimum absolute atomic E-state index is 0.284. The zero-order valence-corrected chi connectivity index (χ0v) is 15.8. The highest BCUT2D eigenvalue weighted by Gasteiger charge is 2.27. The Kier molecular flexibility index (Phi) is 5.31. The molecule has 0 aliphatic carbocycles. The summed E-state index contributed by atoms with van der Waals surface area (Å²) in [6.07, 6.45) is 2.36. The number of hydrogen-bond donors (Lipinski definition) is 1. The highest BCUT2D eigenvalue weighted by atomic mass is 32.2. The maximum atomic E-state index is 13.7. The average Bonchev–Trinajstić information content (AvgIpc) is 2.94. The van der Waals surface area contributed by atoms with E-state index < -0.39 is 15.8 Å². The molecule has 5 nitrogen and oxygen atoms in total. The average molecular weight is 384 g/mol. The van der Waals surface area contributed by atoms with Gasteiger partial charge in [0.2, 0.25) is 10.0 Å². The van der Waals surface area contributed by atoms with Crippen molar-refractivity contribution in [1.29, 1.82) is 0 Å². The summed E-state index contributed by atoms with van der Waals surface area (Å²) in [5.41, 5.74) is 1.61. The molecule has 136 valence electrons. The summed E-state index contributed by atoms with van der Waals surface area (Å²) < 4.78 is 44.6. The standard InChI is InChI=1S/C17H21FN2O3S2/c1-12-15(7-9-24-12)19-16-6-5-13(18)10-17(16)23-14-4-3-8-20(11-14)25(2,21)22/h5-7,9-10,14,19H,3-4,8,11H2,1-2H3/t14-/m1/s1. The van der Waals surface area contributed by atoms with Crippen LogP contribution < -0.4 is 10.1 Å². The van der Waals surface area contributed by atoms with Crippen LogP contribution in [0.2, 0.25) is 0 Å². The molecule has 0 amide bonds. The number of piperidine rings is 1. The fourth-order valence-electron chi connectivity index (χ4n) is 2.84. The lowest BCUT2D eigenvalue weighted by molar-refractivity contribution is 0.130. The van der Waals surface area contributed by atoms with Crippen molar-refractivity contribution in [1.82, 2.24) is 4.31 Å². The number of hydrogen-bond acceptors (Lipinski definition) is 5. The van der Waals surface area contributed by atoms with Gasteiger partial charge in [-0.1, -0.05) is 0 Å². The molecule has 1 fully saturated rings. The van der Waals surface area contributed by atoms with E-state index in [2.05, 4.69) is 5.32 Å². The third-order valence-electron chi connectivity index (χ3n) is 4.18. The second-order valence-electron chi connectivity index (χ2n) is 6.16. The van der Waals surface area contributed by atoms with Gasteiger partial charge >= 0.3 is 0 Å². The molecule has 1 saturated heterocycles. The number of nitrogens with one attached hydrogen (secondary N) is 1. The van der Waals surface area contributed by atoms with E-state index in [1.807, 2.05) is 18.4 Å². The van der Waals surface area contributed by atoms with E-state index in [9.17, 15) is 12.8 Å². The van der Waals surface area contributed by atoms with Crippen LogP contribution >= 0.6 is 11.3 Å². The lowest BCUT2D eigenvalue weighted by Crippen LogP contribution is -2.43. The monoisotopic (exact) mass is 384 g/mol. The Morgan fingerprint density at radius 3 is 2.80 bits per heavy atom. The lowest BCUT2D eigenvalue weighted by Gasteiger charge is -2.31. The molecular formula is C17H21FN2O3S2. The number of aryl methyl sites for hydroxylation is 1. The van der Waals surface area contributed by atoms with Gasteiger partial charge in [-0.3, -0.25) is 0 Å². The second-order valence-corrected chi connectivity index (χ2v) is 9.26. The van der Waals surface area contributed by atoms with Crippen molar-refractivity contribution in [3.05, 3.63) is 40.3 Å². The minimum atomic E-state index is -3.25. The molecule has 2 heterocycles. The number of anilines is 2. The van der Waals surface area contributed by atoms with Crippen LogP contribution in [-0.2, 0) is 10.0 Å². The molecule has 3 rings (SSSR count). The molecule has 0 bridgehead atoms. The van der Waals surface area contributed by atoms with Crippen molar-refractivity contribution >= 4 is 32.7 Å². The van der Waals surface area contributed by atoms with Crippen LogP contribution in [0.5, 0.6) is 5.75 Å². The third-order valence-corrected chi connectivity index (χ3v) is 6.29. The Balaban J connectivity index is 1.79. The first-order valence-corrected chi connectivity index (χ1v) is 10.8. The zero-order valence-electron chi connectivity index (χ0n) is 14.2. The first-order valence-electron chi connectivity index (χ1n) is 8.05. The molecule has 1 aliphatic heterocycles. The molecule has 0 unspecified atom stereocenters. The topological polar surface area (TPSA) is 58.6 Å². The Morgan fingerprint density at radius 1 is 1.32 bits per heavy atom. The van der Waals surface area contributed by atoms with Crippen molar-refractivity contribution in [2.75, 3.05) is 24.7 Å². The van der Waals surface area contributed by atoms with Crippen LogP contribution in [0.4, 0.5) is 15.8 Å². The van der Waals surface area contributed by atoms with Crippen molar-refractivity contribution < 1.29 is 17.5 Å². The highest BCUT2D eigenvalue weighted by Crippen LogP contribution is 2.33. The molecule has 0 radical (unpaired) electrons.